The number of carbonyl (C=O) groups excluding carboxylic acids is 4. The summed E-state index contributed by atoms with van der Waals surface area (Å²) >= 11 is 0. The van der Waals surface area contributed by atoms with Crippen molar-refractivity contribution < 1.29 is 33.1 Å². The summed E-state index contributed by atoms with van der Waals surface area (Å²) in [6.45, 7) is 0.493. The molecule has 0 aliphatic carbocycles. The van der Waals surface area contributed by atoms with Crippen molar-refractivity contribution in [2.45, 2.75) is 69.1 Å². The number of aromatic hydroxyl groups is 1. The summed E-state index contributed by atoms with van der Waals surface area (Å²) in [5, 5.41) is 17.0. The second-order valence-electron chi connectivity index (χ2n) is 10.7. The van der Waals surface area contributed by atoms with Gasteiger partial charge in [0.15, 0.2) is 5.96 Å². The number of benzene rings is 2. The molecule has 0 aliphatic rings. The van der Waals surface area contributed by atoms with Gasteiger partial charge in [-0.3, -0.25) is 24.2 Å². The molecule has 0 saturated carbocycles. The van der Waals surface area contributed by atoms with E-state index in [-0.39, 0.29) is 31.8 Å². The van der Waals surface area contributed by atoms with Crippen LogP contribution in [-0.2, 0) is 32.0 Å². The zero-order valence-corrected chi connectivity index (χ0v) is 25.4. The number of primary amides is 1. The predicted octanol–water partition coefficient (Wildman–Crippen LogP) is -1.09. The number of phenolic OH excluding ortho intramolecular Hbond substituents is 1. The van der Waals surface area contributed by atoms with E-state index in [1.54, 1.807) is 30.3 Å². The van der Waals surface area contributed by atoms with Crippen LogP contribution in [0.2, 0.25) is 0 Å². The SMILES string of the molecule is NCCCC[C@H](NC(=O)[C@H](Cc1c(F)cc(O)cc1F)NC(=O)[C@@H](N)CCCN=C(N)N)C(=O)N[C@@H](Cc1ccccc1)C(N)=O. The van der Waals surface area contributed by atoms with Gasteiger partial charge in [-0.25, -0.2) is 8.78 Å². The van der Waals surface area contributed by atoms with Gasteiger partial charge in [0, 0.05) is 37.1 Å². The van der Waals surface area contributed by atoms with Crippen LogP contribution in [0.5, 0.6) is 5.75 Å². The number of phenols is 1. The first-order chi connectivity index (χ1) is 21.8. The standard InChI is InChI=1S/C30H43F2N9O5/c31-20-14-18(42)15-21(32)19(20)16-25(41-27(44)22(34)9-6-12-38-30(36)37)29(46)39-23(10-4-5-11-33)28(45)40-24(26(35)43)13-17-7-2-1-3-8-17/h1-3,7-8,14-15,22-25,42H,4-6,9-13,16,33-34H2,(H2,35,43)(H,39,46)(H,40,45)(H,41,44)(H4,36,37,38)/t22-,23-,24-,25-/m0/s1. The Morgan fingerprint density at radius 3 is 1.96 bits per heavy atom. The van der Waals surface area contributed by atoms with Crippen LogP contribution in [0.15, 0.2) is 47.5 Å². The van der Waals surface area contributed by atoms with Gasteiger partial charge in [0.05, 0.1) is 6.04 Å². The van der Waals surface area contributed by atoms with Crippen LogP contribution in [-0.4, -0.2) is 72.0 Å². The number of nitrogens with one attached hydrogen (secondary N) is 3. The van der Waals surface area contributed by atoms with Gasteiger partial charge in [0.1, 0.15) is 35.5 Å². The van der Waals surface area contributed by atoms with Gasteiger partial charge in [-0.15, -0.1) is 0 Å². The van der Waals surface area contributed by atoms with E-state index < -0.39 is 77.2 Å². The minimum atomic E-state index is -1.61. The number of rotatable bonds is 19. The molecule has 16 heteroatoms. The zero-order valence-electron chi connectivity index (χ0n) is 25.4. The normalized spacial score (nSPS) is 13.5. The van der Waals surface area contributed by atoms with Crippen LogP contribution in [0.4, 0.5) is 8.78 Å². The molecule has 0 spiro atoms. The lowest BCUT2D eigenvalue weighted by Gasteiger charge is -2.26. The van der Waals surface area contributed by atoms with Gasteiger partial charge in [0.25, 0.3) is 0 Å². The number of nitrogens with two attached hydrogens (primary N) is 5. The summed E-state index contributed by atoms with van der Waals surface area (Å²) in [7, 11) is 0. The number of guanidine groups is 1. The van der Waals surface area contributed by atoms with Crippen molar-refractivity contribution in [3.8, 4) is 5.75 Å². The van der Waals surface area contributed by atoms with Crippen molar-refractivity contribution in [2.75, 3.05) is 13.1 Å². The van der Waals surface area contributed by atoms with E-state index in [2.05, 4.69) is 20.9 Å². The molecule has 4 atom stereocenters. The minimum Gasteiger partial charge on any atom is -0.508 e. The molecule has 4 amide bonds. The fraction of sp³-hybridized carbons (Fsp3) is 0.433. The highest BCUT2D eigenvalue weighted by Gasteiger charge is 2.31. The molecule has 14 N–H and O–H groups in total. The number of unbranched alkanes of at least 4 members (excludes halogenated alkanes) is 1. The fourth-order valence-corrected chi connectivity index (χ4v) is 4.51. The van der Waals surface area contributed by atoms with E-state index in [4.69, 9.17) is 28.7 Å². The molecule has 0 aromatic heterocycles. The van der Waals surface area contributed by atoms with Crippen molar-refractivity contribution in [3.05, 3.63) is 65.2 Å². The number of halogens is 2. The van der Waals surface area contributed by atoms with Crippen LogP contribution in [0.1, 0.15) is 43.2 Å². The molecule has 2 rings (SSSR count). The Morgan fingerprint density at radius 2 is 1.37 bits per heavy atom. The third kappa shape index (κ3) is 12.6. The Bertz CT molecular complexity index is 1340. The van der Waals surface area contributed by atoms with E-state index in [1.165, 1.54) is 0 Å². The molecular weight excluding hydrogens is 604 g/mol. The molecular formula is C30H43F2N9O5. The summed E-state index contributed by atoms with van der Waals surface area (Å²) in [4.78, 5) is 55.9. The van der Waals surface area contributed by atoms with Crippen molar-refractivity contribution in [2.24, 2.45) is 33.7 Å². The largest absolute Gasteiger partial charge is 0.508 e. The highest BCUT2D eigenvalue weighted by molar-refractivity contribution is 5.94. The smallest absolute Gasteiger partial charge is 0.243 e. The van der Waals surface area contributed by atoms with Gasteiger partial charge in [-0.1, -0.05) is 30.3 Å². The zero-order chi connectivity index (χ0) is 34.2. The Labute approximate surface area is 265 Å². The maximum absolute atomic E-state index is 14.7. The first kappa shape index (κ1) is 37.4. The van der Waals surface area contributed by atoms with Crippen LogP contribution >= 0.6 is 0 Å². The van der Waals surface area contributed by atoms with Gasteiger partial charge < -0.3 is 49.7 Å². The highest BCUT2D eigenvalue weighted by atomic mass is 19.1. The Morgan fingerprint density at radius 1 is 0.783 bits per heavy atom. The van der Waals surface area contributed by atoms with Gasteiger partial charge in [0.2, 0.25) is 23.6 Å². The highest BCUT2D eigenvalue weighted by Crippen LogP contribution is 2.21. The average Bonchev–Trinajstić information content (AvgIpc) is 2.99. The molecule has 252 valence electrons. The lowest BCUT2D eigenvalue weighted by molar-refractivity contribution is -0.133. The number of nitrogens with zero attached hydrogens (tertiary/aromatic N) is 1. The summed E-state index contributed by atoms with van der Waals surface area (Å²) in [5.74, 6) is -6.45. The van der Waals surface area contributed by atoms with Crippen LogP contribution in [0.25, 0.3) is 0 Å². The molecule has 2 aromatic rings. The number of amides is 4. The lowest BCUT2D eigenvalue weighted by atomic mass is 10.0. The van der Waals surface area contributed by atoms with E-state index >= 15 is 0 Å². The van der Waals surface area contributed by atoms with Crippen molar-refractivity contribution in [1.29, 1.82) is 0 Å². The molecule has 0 unspecified atom stereocenters. The maximum atomic E-state index is 14.7. The van der Waals surface area contributed by atoms with Crippen LogP contribution in [0.3, 0.4) is 0 Å². The molecule has 2 aromatic carbocycles. The molecule has 0 fully saturated rings. The maximum Gasteiger partial charge on any atom is 0.243 e. The quantitative estimate of drug-likeness (QED) is 0.0508. The summed E-state index contributed by atoms with van der Waals surface area (Å²) in [6.07, 6.45) is 0.806. The Hall–Kier alpha value is -4.83. The summed E-state index contributed by atoms with van der Waals surface area (Å²) in [5.41, 5.74) is 27.8. The van der Waals surface area contributed by atoms with E-state index in [0.29, 0.717) is 37.9 Å². The second kappa shape index (κ2) is 18.9. The summed E-state index contributed by atoms with van der Waals surface area (Å²) < 4.78 is 29.3. The van der Waals surface area contributed by atoms with E-state index in [1.807, 2.05) is 0 Å². The molecule has 0 heterocycles. The topological polar surface area (TPSA) is 267 Å². The van der Waals surface area contributed by atoms with Crippen molar-refractivity contribution >= 4 is 29.6 Å². The molecule has 0 radical (unpaired) electrons. The van der Waals surface area contributed by atoms with E-state index in [0.717, 1.165) is 5.56 Å². The minimum absolute atomic E-state index is 0.0818. The van der Waals surface area contributed by atoms with Crippen molar-refractivity contribution in [3.63, 3.8) is 0 Å². The van der Waals surface area contributed by atoms with Gasteiger partial charge in [-0.2, -0.15) is 0 Å². The predicted molar refractivity (Wildman–Crippen MR) is 168 cm³/mol. The third-order valence-corrected chi connectivity index (χ3v) is 6.99. The molecule has 0 bridgehead atoms. The monoisotopic (exact) mass is 647 g/mol. The fourth-order valence-electron chi connectivity index (χ4n) is 4.51. The van der Waals surface area contributed by atoms with Crippen LogP contribution < -0.4 is 44.6 Å². The lowest BCUT2D eigenvalue weighted by Crippen LogP contribution is -2.58. The molecule has 14 nitrogen and oxygen atoms in total. The Kier molecular flexibility index (Phi) is 15.3. The second-order valence-corrected chi connectivity index (χ2v) is 10.7. The molecule has 46 heavy (non-hydrogen) atoms. The number of carbonyl (C=O) groups is 4. The number of aliphatic imine (C=N–C) groups is 1. The number of hydrogen-bond acceptors (Lipinski definition) is 8. The van der Waals surface area contributed by atoms with Gasteiger partial charge >= 0.3 is 0 Å². The van der Waals surface area contributed by atoms with Crippen molar-refractivity contribution in [1.82, 2.24) is 16.0 Å². The average molecular weight is 648 g/mol. The first-order valence-corrected chi connectivity index (χ1v) is 14.7. The van der Waals surface area contributed by atoms with Crippen LogP contribution in [0, 0.1) is 11.6 Å². The molecule has 0 aliphatic heterocycles. The first-order valence-electron chi connectivity index (χ1n) is 14.7. The van der Waals surface area contributed by atoms with Gasteiger partial charge in [-0.05, 0) is 44.2 Å². The summed E-state index contributed by atoms with van der Waals surface area (Å²) in [6, 6.07) is 5.03. The number of hydrogen-bond donors (Lipinski definition) is 9. The van der Waals surface area contributed by atoms with E-state index in [9.17, 15) is 33.1 Å². The Balaban J connectivity index is 2.30. The molecule has 0 saturated heterocycles. The third-order valence-electron chi connectivity index (χ3n) is 6.99.